The van der Waals surface area contributed by atoms with E-state index in [0.29, 0.717) is 0 Å². The van der Waals surface area contributed by atoms with Gasteiger partial charge >= 0.3 is 30.0 Å². The highest BCUT2D eigenvalue weighted by atomic mass is 16.6. The SMILES string of the molecule is COC1C(=O)C2C(C)=C(OC(=O)[C@H](O)[C@H](CC(C)C)NC(=O)OC(C)(C)C)C[C@@](O)([C@@H](OC(=O)c3ccccc3)C([C@]3(OC(C)=O)CO[C@@H]3CCOC(C)=O)=C1C)C2(C)C. The molecular formula is C44H61NO15. The highest BCUT2D eigenvalue weighted by Crippen LogP contribution is 2.58. The molecule has 0 radical (unpaired) electrons. The van der Waals surface area contributed by atoms with Gasteiger partial charge < -0.3 is 48.7 Å². The molecule has 1 amide bonds. The van der Waals surface area contributed by atoms with Gasteiger partial charge in [-0.2, -0.15) is 0 Å². The number of hydrogen-bond donors (Lipinski definition) is 3. The first-order valence-electron chi connectivity index (χ1n) is 20.1. The lowest BCUT2D eigenvalue weighted by atomic mass is 9.52. The summed E-state index contributed by atoms with van der Waals surface area (Å²) in [6.45, 7) is 16.9. The van der Waals surface area contributed by atoms with Crippen LogP contribution < -0.4 is 5.32 Å². The number of ether oxygens (including phenoxy) is 7. The molecule has 1 saturated heterocycles. The normalized spacial score (nSPS) is 27.4. The molecule has 0 spiro atoms. The Morgan fingerprint density at radius 3 is 2.15 bits per heavy atom. The van der Waals surface area contributed by atoms with E-state index >= 15 is 0 Å². The van der Waals surface area contributed by atoms with Crippen molar-refractivity contribution in [2.24, 2.45) is 17.3 Å². The minimum atomic E-state index is -2.33. The van der Waals surface area contributed by atoms with Crippen molar-refractivity contribution in [3.63, 3.8) is 0 Å². The van der Waals surface area contributed by atoms with E-state index < -0.39 is 101 Å². The van der Waals surface area contributed by atoms with Crippen LogP contribution in [0.3, 0.4) is 0 Å². The first-order valence-corrected chi connectivity index (χ1v) is 20.1. The number of hydrogen-bond acceptors (Lipinski definition) is 15. The zero-order chi connectivity index (χ0) is 45.1. The summed E-state index contributed by atoms with van der Waals surface area (Å²) in [7, 11) is 1.30. The Morgan fingerprint density at radius 2 is 1.63 bits per heavy atom. The fourth-order valence-electron chi connectivity index (χ4n) is 8.60. The van der Waals surface area contributed by atoms with Crippen molar-refractivity contribution in [2.45, 2.75) is 143 Å². The van der Waals surface area contributed by atoms with Crippen molar-refractivity contribution in [3.8, 4) is 0 Å². The van der Waals surface area contributed by atoms with E-state index in [1.54, 1.807) is 66.7 Å². The maximum absolute atomic E-state index is 15.0. The Bertz CT molecular complexity index is 1880. The van der Waals surface area contributed by atoms with Crippen LogP contribution in [0.5, 0.6) is 0 Å². The zero-order valence-electron chi connectivity index (χ0n) is 36.7. The molecule has 332 valence electrons. The van der Waals surface area contributed by atoms with Gasteiger partial charge in [0.25, 0.3) is 0 Å². The number of esters is 4. The molecule has 1 heterocycles. The quantitative estimate of drug-likeness (QED) is 0.132. The molecule has 0 saturated carbocycles. The second-order valence-corrected chi connectivity index (χ2v) is 17.8. The van der Waals surface area contributed by atoms with Crippen molar-refractivity contribution in [2.75, 3.05) is 20.3 Å². The number of nitrogens with one attached hydrogen (secondary N) is 1. The van der Waals surface area contributed by atoms with Crippen LogP contribution in [0.25, 0.3) is 0 Å². The van der Waals surface area contributed by atoms with E-state index in [0.717, 1.165) is 0 Å². The highest BCUT2D eigenvalue weighted by Gasteiger charge is 2.68. The third kappa shape index (κ3) is 9.93. The van der Waals surface area contributed by atoms with E-state index in [1.807, 2.05) is 13.8 Å². The Kier molecular flexibility index (Phi) is 14.8. The maximum Gasteiger partial charge on any atom is 0.407 e. The zero-order valence-corrected chi connectivity index (χ0v) is 36.7. The van der Waals surface area contributed by atoms with Crippen LogP contribution in [0.1, 0.15) is 106 Å². The average Bonchev–Trinajstić information content (AvgIpc) is 3.12. The standard InChI is InChI=1S/C44H61NO15/c1-23(2)20-29(45-40(52)60-41(7,8)9)34(48)39(51)57-30-21-44(53)37(58-38(50)28-16-14-13-15-17-28)33(25(4)36(54-12)35(49)32(24(30)3)42(44,10)11)43(59-27(6)47)22-56-31(43)18-19-55-26(5)46/h13-17,23,29,31-32,34,36-37,48,53H,18-22H2,1-12H3,(H,45,52)/t29-,31+,32?,34+,36?,37-,43-,44+/m0/s1. The smallest absolute Gasteiger partial charge is 0.407 e. The summed E-state index contributed by atoms with van der Waals surface area (Å²) in [6, 6.07) is 6.80. The number of amides is 1. The molecule has 8 atom stereocenters. The van der Waals surface area contributed by atoms with Gasteiger partial charge in [-0.3, -0.25) is 14.4 Å². The fraction of sp³-hybridized carbons (Fsp3) is 0.636. The van der Waals surface area contributed by atoms with Gasteiger partial charge in [-0.1, -0.05) is 45.9 Å². The van der Waals surface area contributed by atoms with Crippen molar-refractivity contribution in [1.29, 1.82) is 0 Å². The van der Waals surface area contributed by atoms with E-state index in [4.69, 9.17) is 33.2 Å². The first kappa shape index (κ1) is 48.0. The Labute approximate surface area is 351 Å². The summed E-state index contributed by atoms with van der Waals surface area (Å²) in [5, 5.41) is 27.5. The van der Waals surface area contributed by atoms with Gasteiger partial charge in [0.1, 0.15) is 29.2 Å². The summed E-state index contributed by atoms with van der Waals surface area (Å²) in [6.07, 6.45) is -7.38. The molecule has 1 aromatic rings. The number of carbonyl (C=O) groups excluding carboxylic acids is 6. The molecule has 4 rings (SSSR count). The molecule has 2 bridgehead atoms. The predicted molar refractivity (Wildman–Crippen MR) is 214 cm³/mol. The number of rotatable bonds is 14. The first-order chi connectivity index (χ1) is 27.8. The number of Topliss-reactive ketones (excluding diaryl/α,β-unsaturated/α-hetero) is 1. The minimum absolute atomic E-state index is 0.000830. The third-order valence-electron chi connectivity index (χ3n) is 11.4. The molecule has 3 N–H and O–H groups in total. The number of alkyl carbamates (subject to hydrolysis) is 1. The molecule has 2 aliphatic carbocycles. The van der Waals surface area contributed by atoms with E-state index in [2.05, 4.69) is 5.32 Å². The van der Waals surface area contributed by atoms with Crippen LogP contribution in [-0.2, 0) is 52.3 Å². The Balaban J connectivity index is 1.94. The number of fused-ring (bicyclic) bond motifs is 2. The molecule has 1 aliphatic heterocycles. The lowest BCUT2D eigenvalue weighted by Gasteiger charge is -2.59. The summed E-state index contributed by atoms with van der Waals surface area (Å²) >= 11 is 0. The Hall–Kier alpha value is -4.64. The monoisotopic (exact) mass is 843 g/mol. The summed E-state index contributed by atoms with van der Waals surface area (Å²) < 4.78 is 40.8. The van der Waals surface area contributed by atoms with Crippen molar-refractivity contribution >= 4 is 35.8 Å². The second-order valence-electron chi connectivity index (χ2n) is 17.8. The van der Waals surface area contributed by atoms with Crippen LogP contribution in [0, 0.1) is 17.3 Å². The lowest BCUT2D eigenvalue weighted by molar-refractivity contribution is -0.252. The highest BCUT2D eigenvalue weighted by molar-refractivity contribution is 5.93. The fourth-order valence-corrected chi connectivity index (χ4v) is 8.60. The van der Waals surface area contributed by atoms with Crippen LogP contribution in [0.2, 0.25) is 0 Å². The van der Waals surface area contributed by atoms with E-state index in [-0.39, 0.29) is 60.0 Å². The number of allylic oxidation sites excluding steroid dienone is 1. The molecule has 0 aromatic heterocycles. The lowest BCUT2D eigenvalue weighted by Crippen LogP contribution is -2.71. The van der Waals surface area contributed by atoms with Gasteiger partial charge in [0, 0.05) is 44.8 Å². The molecule has 1 fully saturated rings. The van der Waals surface area contributed by atoms with Crippen LogP contribution in [0.15, 0.2) is 52.8 Å². The number of aliphatic hydroxyl groups is 2. The van der Waals surface area contributed by atoms with Crippen LogP contribution in [-0.4, -0.2) is 114 Å². The van der Waals surface area contributed by atoms with Crippen LogP contribution in [0.4, 0.5) is 4.79 Å². The van der Waals surface area contributed by atoms with Gasteiger partial charge in [0.2, 0.25) is 0 Å². The number of ketones is 1. The third-order valence-corrected chi connectivity index (χ3v) is 11.4. The molecule has 1 aromatic carbocycles. The second kappa shape index (κ2) is 18.5. The maximum atomic E-state index is 15.0. The molecule has 16 heteroatoms. The van der Waals surface area contributed by atoms with Crippen LogP contribution >= 0.6 is 0 Å². The van der Waals surface area contributed by atoms with E-state index in [1.165, 1.54) is 33.1 Å². The number of carbonyl (C=O) groups is 6. The summed E-state index contributed by atoms with van der Waals surface area (Å²) in [5.74, 6) is -5.53. The average molecular weight is 844 g/mol. The summed E-state index contributed by atoms with van der Waals surface area (Å²) in [5.41, 5.74) is -6.03. The number of benzene rings is 1. The van der Waals surface area contributed by atoms with Crippen molar-refractivity contribution in [1.82, 2.24) is 5.32 Å². The molecule has 2 unspecified atom stereocenters. The predicted octanol–water partition coefficient (Wildman–Crippen LogP) is 4.67. The van der Waals surface area contributed by atoms with Gasteiger partial charge in [-0.15, -0.1) is 0 Å². The van der Waals surface area contributed by atoms with Gasteiger partial charge in [-0.05, 0) is 70.2 Å². The molecule has 60 heavy (non-hydrogen) atoms. The van der Waals surface area contributed by atoms with Crippen molar-refractivity contribution < 1.29 is 72.1 Å². The van der Waals surface area contributed by atoms with Gasteiger partial charge in [0.15, 0.2) is 23.6 Å². The molecular weight excluding hydrogens is 782 g/mol. The van der Waals surface area contributed by atoms with Gasteiger partial charge in [-0.25, -0.2) is 14.4 Å². The Morgan fingerprint density at radius 1 is 1.00 bits per heavy atom. The van der Waals surface area contributed by atoms with E-state index in [9.17, 15) is 39.0 Å². The molecule has 3 aliphatic rings. The van der Waals surface area contributed by atoms with Crippen molar-refractivity contribution in [3.05, 3.63) is 58.4 Å². The summed E-state index contributed by atoms with van der Waals surface area (Å²) in [4.78, 5) is 80.7. The largest absolute Gasteiger partial charge is 0.466 e. The number of aliphatic hydroxyl groups excluding tert-OH is 1. The van der Waals surface area contributed by atoms with Gasteiger partial charge in [0.05, 0.1) is 30.7 Å². The molecule has 16 nitrogen and oxygen atoms in total. The topological polar surface area (TPSA) is 220 Å². The minimum Gasteiger partial charge on any atom is -0.466 e. The number of methoxy groups -OCH3 is 1.